The van der Waals surface area contributed by atoms with Crippen molar-refractivity contribution >= 4 is 46.6 Å². The van der Waals surface area contributed by atoms with Gasteiger partial charge >= 0.3 is 0 Å². The van der Waals surface area contributed by atoms with Crippen LogP contribution in [0.5, 0.6) is 0 Å². The Morgan fingerprint density at radius 2 is 2.15 bits per heavy atom. The number of benzene rings is 1. The summed E-state index contributed by atoms with van der Waals surface area (Å²) in [6.07, 6.45) is 1.93. The normalized spacial score (nSPS) is 19.8. The third kappa shape index (κ3) is 3.84. The third-order valence-electron chi connectivity index (χ3n) is 4.39. The van der Waals surface area contributed by atoms with Crippen LogP contribution in [0.1, 0.15) is 28.6 Å². The van der Waals surface area contributed by atoms with Crippen molar-refractivity contribution < 1.29 is 14.0 Å². The van der Waals surface area contributed by atoms with Crippen LogP contribution in [0.3, 0.4) is 0 Å². The maximum Gasteiger partial charge on any atom is 0.265 e. The van der Waals surface area contributed by atoms with Gasteiger partial charge in [0.25, 0.3) is 5.91 Å². The number of halogens is 1. The van der Waals surface area contributed by atoms with Gasteiger partial charge in [0.2, 0.25) is 5.91 Å². The number of carbonyl (C=O) groups is 2. The first-order valence-electron chi connectivity index (χ1n) is 8.10. The van der Waals surface area contributed by atoms with E-state index in [0.29, 0.717) is 10.6 Å². The van der Waals surface area contributed by atoms with Crippen molar-refractivity contribution in [2.24, 2.45) is 10.7 Å². The number of rotatable bonds is 4. The molecule has 0 spiro atoms. The van der Waals surface area contributed by atoms with Crippen molar-refractivity contribution in [2.75, 3.05) is 18.6 Å². The standard InChI is InChI=1S/C18H19FN4O2S2/c1-18(9-14(24)23(2)17(20)22-18)11-8-10(4-5-12(11)19)21-16(25)13-6-7-15(26-3)27-13/h4-8H,9H2,1-3H3,(H2,20,22)(H,21,25). The van der Waals surface area contributed by atoms with Crippen LogP contribution in [-0.4, -0.2) is 36.0 Å². The molecule has 1 aromatic carbocycles. The van der Waals surface area contributed by atoms with Crippen LogP contribution in [0.15, 0.2) is 39.5 Å². The summed E-state index contributed by atoms with van der Waals surface area (Å²) >= 11 is 2.95. The summed E-state index contributed by atoms with van der Waals surface area (Å²) in [5.41, 5.74) is 5.31. The SMILES string of the molecule is CSc1ccc(C(=O)Nc2ccc(F)c(C3(C)CC(=O)N(C)C(N)=N3)c2)s1. The molecule has 2 amide bonds. The smallest absolute Gasteiger partial charge is 0.265 e. The van der Waals surface area contributed by atoms with E-state index < -0.39 is 11.4 Å². The molecule has 0 bridgehead atoms. The Morgan fingerprint density at radius 3 is 2.78 bits per heavy atom. The van der Waals surface area contributed by atoms with E-state index >= 15 is 0 Å². The molecule has 3 N–H and O–H groups in total. The highest BCUT2D eigenvalue weighted by molar-refractivity contribution is 8.00. The molecule has 3 rings (SSSR count). The number of nitrogens with zero attached hydrogens (tertiary/aromatic N) is 2. The Morgan fingerprint density at radius 1 is 1.41 bits per heavy atom. The molecular weight excluding hydrogens is 387 g/mol. The van der Waals surface area contributed by atoms with Crippen LogP contribution in [0, 0.1) is 5.82 Å². The predicted octanol–water partition coefficient (Wildman–Crippen LogP) is 3.25. The number of aliphatic imine (C=N–C) groups is 1. The average Bonchev–Trinajstić information content (AvgIpc) is 3.10. The molecule has 2 aromatic rings. The van der Waals surface area contributed by atoms with Gasteiger partial charge in [-0.1, -0.05) is 0 Å². The topological polar surface area (TPSA) is 87.8 Å². The maximum absolute atomic E-state index is 14.5. The fourth-order valence-corrected chi connectivity index (χ4v) is 4.26. The van der Waals surface area contributed by atoms with Gasteiger partial charge in [-0.2, -0.15) is 0 Å². The highest BCUT2D eigenvalue weighted by atomic mass is 32.2. The van der Waals surface area contributed by atoms with Gasteiger partial charge in [0.1, 0.15) is 5.82 Å². The van der Waals surface area contributed by atoms with E-state index in [2.05, 4.69) is 10.3 Å². The number of nitrogens with one attached hydrogen (secondary N) is 1. The average molecular weight is 407 g/mol. The Labute approximate surface area is 164 Å². The lowest BCUT2D eigenvalue weighted by Crippen LogP contribution is -2.47. The van der Waals surface area contributed by atoms with Crippen molar-refractivity contribution in [3.63, 3.8) is 0 Å². The van der Waals surface area contributed by atoms with Crippen LogP contribution in [0.4, 0.5) is 10.1 Å². The van der Waals surface area contributed by atoms with E-state index in [9.17, 15) is 14.0 Å². The number of thiophene rings is 1. The van der Waals surface area contributed by atoms with Gasteiger partial charge in [-0.3, -0.25) is 14.5 Å². The first-order valence-corrected chi connectivity index (χ1v) is 10.1. The molecule has 27 heavy (non-hydrogen) atoms. The number of anilines is 1. The van der Waals surface area contributed by atoms with Gasteiger partial charge in [-0.15, -0.1) is 23.1 Å². The minimum Gasteiger partial charge on any atom is -0.369 e. The van der Waals surface area contributed by atoms with E-state index in [1.54, 1.807) is 24.8 Å². The molecule has 142 valence electrons. The summed E-state index contributed by atoms with van der Waals surface area (Å²) in [4.78, 5) is 30.7. The van der Waals surface area contributed by atoms with Crippen molar-refractivity contribution in [1.29, 1.82) is 0 Å². The lowest BCUT2D eigenvalue weighted by molar-refractivity contribution is -0.128. The zero-order valence-electron chi connectivity index (χ0n) is 15.1. The number of amides is 2. The Balaban J connectivity index is 1.90. The van der Waals surface area contributed by atoms with Gasteiger partial charge in [0.15, 0.2) is 5.96 Å². The summed E-state index contributed by atoms with van der Waals surface area (Å²) in [6, 6.07) is 7.87. The van der Waals surface area contributed by atoms with Gasteiger partial charge in [-0.25, -0.2) is 9.38 Å². The van der Waals surface area contributed by atoms with E-state index in [4.69, 9.17) is 5.73 Å². The second kappa shape index (κ2) is 7.32. The number of hydrogen-bond donors (Lipinski definition) is 2. The van der Waals surface area contributed by atoms with Crippen LogP contribution in [-0.2, 0) is 10.3 Å². The lowest BCUT2D eigenvalue weighted by atomic mass is 9.87. The van der Waals surface area contributed by atoms with Gasteiger partial charge < -0.3 is 11.1 Å². The molecule has 6 nitrogen and oxygen atoms in total. The van der Waals surface area contributed by atoms with Crippen molar-refractivity contribution in [3.8, 4) is 0 Å². The van der Waals surface area contributed by atoms with E-state index in [1.807, 2.05) is 12.3 Å². The van der Waals surface area contributed by atoms with Crippen LogP contribution < -0.4 is 11.1 Å². The van der Waals surface area contributed by atoms with E-state index in [0.717, 1.165) is 4.21 Å². The molecule has 1 aliphatic rings. The van der Waals surface area contributed by atoms with Crippen LogP contribution in [0.25, 0.3) is 0 Å². The molecule has 0 fully saturated rings. The molecule has 1 unspecified atom stereocenters. The second-order valence-corrected chi connectivity index (χ2v) is 8.54. The van der Waals surface area contributed by atoms with Gasteiger partial charge in [0, 0.05) is 18.3 Å². The molecule has 1 atom stereocenters. The fraction of sp³-hybridized carbons (Fsp3) is 0.278. The first kappa shape index (κ1) is 19.4. The third-order valence-corrected chi connectivity index (χ3v) is 6.55. The van der Waals surface area contributed by atoms with E-state index in [-0.39, 0.29) is 29.8 Å². The molecule has 1 aliphatic heterocycles. The van der Waals surface area contributed by atoms with Crippen LogP contribution >= 0.6 is 23.1 Å². The predicted molar refractivity (Wildman–Crippen MR) is 107 cm³/mol. The second-order valence-electron chi connectivity index (χ2n) is 6.34. The van der Waals surface area contributed by atoms with Crippen LogP contribution in [0.2, 0.25) is 0 Å². The minimum absolute atomic E-state index is 0.0134. The molecule has 0 saturated carbocycles. The summed E-state index contributed by atoms with van der Waals surface area (Å²) in [5.74, 6) is -0.997. The van der Waals surface area contributed by atoms with Gasteiger partial charge in [0.05, 0.1) is 21.0 Å². The molecule has 9 heteroatoms. The number of thioether (sulfide) groups is 1. The Kier molecular flexibility index (Phi) is 5.25. The number of guanidine groups is 1. The Bertz CT molecular complexity index is 943. The first-order chi connectivity index (χ1) is 12.7. The molecule has 1 aromatic heterocycles. The maximum atomic E-state index is 14.5. The minimum atomic E-state index is -1.13. The summed E-state index contributed by atoms with van der Waals surface area (Å²) in [7, 11) is 1.53. The van der Waals surface area contributed by atoms with Crippen molar-refractivity contribution in [2.45, 2.75) is 23.1 Å². The zero-order chi connectivity index (χ0) is 19.8. The number of carbonyl (C=O) groups excluding carboxylic acids is 2. The largest absolute Gasteiger partial charge is 0.369 e. The fourth-order valence-electron chi connectivity index (χ4n) is 2.82. The summed E-state index contributed by atoms with van der Waals surface area (Å²) in [6.45, 7) is 1.65. The molecule has 0 aliphatic carbocycles. The van der Waals surface area contributed by atoms with E-state index in [1.165, 1.54) is 41.5 Å². The number of nitrogens with two attached hydrogens (primary N) is 1. The Hall–Kier alpha value is -2.39. The van der Waals surface area contributed by atoms with Crippen molar-refractivity contribution in [1.82, 2.24) is 4.90 Å². The quantitative estimate of drug-likeness (QED) is 0.763. The summed E-state index contributed by atoms with van der Waals surface area (Å²) in [5, 5.41) is 2.77. The molecule has 2 heterocycles. The number of hydrogen-bond acceptors (Lipinski definition) is 6. The monoisotopic (exact) mass is 406 g/mol. The van der Waals surface area contributed by atoms with Gasteiger partial charge in [-0.05, 0) is 43.5 Å². The molecule has 0 saturated heterocycles. The highest BCUT2D eigenvalue weighted by Gasteiger charge is 2.38. The molecular formula is C18H19FN4O2S2. The highest BCUT2D eigenvalue weighted by Crippen LogP contribution is 2.36. The zero-order valence-corrected chi connectivity index (χ0v) is 16.7. The van der Waals surface area contributed by atoms with Crippen molar-refractivity contribution in [3.05, 3.63) is 46.6 Å². The lowest BCUT2D eigenvalue weighted by Gasteiger charge is -2.34. The molecule has 0 radical (unpaired) electrons. The summed E-state index contributed by atoms with van der Waals surface area (Å²) < 4.78 is 15.5.